The van der Waals surface area contributed by atoms with Gasteiger partial charge in [-0.05, 0) is 31.1 Å². The molecule has 0 aliphatic heterocycles. The number of hydrogen-bond acceptors (Lipinski definition) is 2. The zero-order valence-electron chi connectivity index (χ0n) is 9.07. The minimum absolute atomic E-state index is 0.952. The van der Waals surface area contributed by atoms with E-state index in [9.17, 15) is 0 Å². The van der Waals surface area contributed by atoms with Crippen molar-refractivity contribution in [1.82, 2.24) is 9.97 Å². The fourth-order valence-corrected chi connectivity index (χ4v) is 1.65. The van der Waals surface area contributed by atoms with Crippen molar-refractivity contribution in [2.75, 3.05) is 0 Å². The van der Waals surface area contributed by atoms with Crippen molar-refractivity contribution in [3.05, 3.63) is 42.2 Å². The molecular weight excluding hydrogens is 184 g/mol. The Morgan fingerprint density at radius 1 is 1.27 bits per heavy atom. The van der Waals surface area contributed by atoms with Gasteiger partial charge in [0.15, 0.2) is 0 Å². The van der Waals surface area contributed by atoms with Gasteiger partial charge < -0.3 is 0 Å². The predicted octanol–water partition coefficient (Wildman–Crippen LogP) is 3.44. The highest BCUT2D eigenvalue weighted by Crippen LogP contribution is 2.17. The lowest BCUT2D eigenvalue weighted by Crippen LogP contribution is -1.91. The van der Waals surface area contributed by atoms with Gasteiger partial charge in [-0.1, -0.05) is 25.1 Å². The largest absolute Gasteiger partial charge is 0.252 e. The van der Waals surface area contributed by atoms with Gasteiger partial charge in [0.05, 0.1) is 22.9 Å². The molecule has 76 valence electrons. The summed E-state index contributed by atoms with van der Waals surface area (Å²) in [5, 5.41) is 0. The maximum absolute atomic E-state index is 4.59. The summed E-state index contributed by atoms with van der Waals surface area (Å²) in [4.78, 5) is 8.98. The number of allylic oxidation sites excluding steroid dienone is 2. The minimum Gasteiger partial charge on any atom is -0.252 e. The minimum atomic E-state index is 0.952. The SMILES string of the molecule is C/C=C(\CC)c1cnc2ccccc2n1. The summed E-state index contributed by atoms with van der Waals surface area (Å²) >= 11 is 0. The summed E-state index contributed by atoms with van der Waals surface area (Å²) in [7, 11) is 0. The highest BCUT2D eigenvalue weighted by atomic mass is 14.8. The van der Waals surface area contributed by atoms with E-state index in [2.05, 4.69) is 23.0 Å². The molecule has 0 N–H and O–H groups in total. The first kappa shape index (κ1) is 9.84. The van der Waals surface area contributed by atoms with Crippen LogP contribution in [0.5, 0.6) is 0 Å². The zero-order chi connectivity index (χ0) is 10.7. The van der Waals surface area contributed by atoms with Gasteiger partial charge in [0.1, 0.15) is 0 Å². The molecule has 2 nitrogen and oxygen atoms in total. The van der Waals surface area contributed by atoms with Gasteiger partial charge in [0.25, 0.3) is 0 Å². The quantitative estimate of drug-likeness (QED) is 0.738. The molecule has 0 saturated heterocycles. The second-order valence-electron chi connectivity index (χ2n) is 3.41. The first-order valence-electron chi connectivity index (χ1n) is 5.22. The number of fused-ring (bicyclic) bond motifs is 1. The molecule has 0 radical (unpaired) electrons. The fraction of sp³-hybridized carbons (Fsp3) is 0.231. The van der Waals surface area contributed by atoms with Crippen LogP contribution in [0, 0.1) is 0 Å². The van der Waals surface area contributed by atoms with Crippen LogP contribution in [-0.2, 0) is 0 Å². The standard InChI is InChI=1S/C13H14N2/c1-3-10(4-2)13-9-14-11-7-5-6-8-12(11)15-13/h3,5-9H,4H2,1-2H3/b10-3+. The molecule has 1 heterocycles. The average Bonchev–Trinajstić information content (AvgIpc) is 2.30. The van der Waals surface area contributed by atoms with Crippen LogP contribution in [0.25, 0.3) is 16.6 Å². The monoisotopic (exact) mass is 198 g/mol. The zero-order valence-corrected chi connectivity index (χ0v) is 9.07. The van der Waals surface area contributed by atoms with Gasteiger partial charge in [0.2, 0.25) is 0 Å². The van der Waals surface area contributed by atoms with Gasteiger partial charge >= 0.3 is 0 Å². The van der Waals surface area contributed by atoms with E-state index < -0.39 is 0 Å². The molecule has 0 aliphatic rings. The van der Waals surface area contributed by atoms with Gasteiger partial charge in [-0.25, -0.2) is 4.98 Å². The third-order valence-corrected chi connectivity index (χ3v) is 2.51. The Kier molecular flexibility index (Phi) is 2.77. The van der Waals surface area contributed by atoms with Crippen molar-refractivity contribution in [2.45, 2.75) is 20.3 Å². The van der Waals surface area contributed by atoms with Crippen LogP contribution in [0.3, 0.4) is 0 Å². The van der Waals surface area contributed by atoms with Crippen LogP contribution >= 0.6 is 0 Å². The maximum atomic E-state index is 4.59. The molecular formula is C13H14N2. The summed E-state index contributed by atoms with van der Waals surface area (Å²) in [6, 6.07) is 7.94. The van der Waals surface area contributed by atoms with E-state index >= 15 is 0 Å². The molecule has 2 heteroatoms. The Labute approximate surface area is 89.7 Å². The Morgan fingerprint density at radius 2 is 2.00 bits per heavy atom. The van der Waals surface area contributed by atoms with Crippen molar-refractivity contribution < 1.29 is 0 Å². The molecule has 1 aromatic heterocycles. The summed E-state index contributed by atoms with van der Waals surface area (Å²) in [5.41, 5.74) is 4.14. The molecule has 0 fully saturated rings. The maximum Gasteiger partial charge on any atom is 0.0894 e. The van der Waals surface area contributed by atoms with E-state index in [1.807, 2.05) is 37.4 Å². The van der Waals surface area contributed by atoms with Gasteiger partial charge in [-0.3, -0.25) is 4.98 Å². The topological polar surface area (TPSA) is 25.8 Å². The Balaban J connectivity index is 2.56. The summed E-state index contributed by atoms with van der Waals surface area (Å²) < 4.78 is 0. The molecule has 0 spiro atoms. The molecule has 2 rings (SSSR count). The molecule has 0 aliphatic carbocycles. The Hall–Kier alpha value is -1.70. The van der Waals surface area contributed by atoms with Gasteiger partial charge in [-0.15, -0.1) is 0 Å². The van der Waals surface area contributed by atoms with Crippen LogP contribution in [0.4, 0.5) is 0 Å². The highest BCUT2D eigenvalue weighted by molar-refractivity contribution is 5.76. The van der Waals surface area contributed by atoms with E-state index in [1.165, 1.54) is 5.57 Å². The molecule has 0 bridgehead atoms. The first-order valence-corrected chi connectivity index (χ1v) is 5.22. The normalized spacial score (nSPS) is 12.0. The van der Waals surface area contributed by atoms with E-state index in [-0.39, 0.29) is 0 Å². The highest BCUT2D eigenvalue weighted by Gasteiger charge is 2.02. The molecule has 0 unspecified atom stereocenters. The van der Waals surface area contributed by atoms with Gasteiger partial charge in [0, 0.05) is 0 Å². The predicted molar refractivity (Wildman–Crippen MR) is 63.5 cm³/mol. The van der Waals surface area contributed by atoms with Crippen LogP contribution in [0.15, 0.2) is 36.5 Å². The Morgan fingerprint density at radius 3 is 2.67 bits per heavy atom. The summed E-state index contributed by atoms with van der Waals surface area (Å²) in [5.74, 6) is 0. The lowest BCUT2D eigenvalue weighted by atomic mass is 10.1. The van der Waals surface area contributed by atoms with Crippen molar-refractivity contribution in [1.29, 1.82) is 0 Å². The average molecular weight is 198 g/mol. The third-order valence-electron chi connectivity index (χ3n) is 2.51. The van der Waals surface area contributed by atoms with Crippen molar-refractivity contribution in [3.8, 4) is 0 Å². The number of nitrogens with zero attached hydrogens (tertiary/aromatic N) is 2. The van der Waals surface area contributed by atoms with Crippen molar-refractivity contribution in [2.24, 2.45) is 0 Å². The van der Waals surface area contributed by atoms with Crippen molar-refractivity contribution >= 4 is 16.6 Å². The number of hydrogen-bond donors (Lipinski definition) is 0. The molecule has 15 heavy (non-hydrogen) atoms. The number of aromatic nitrogens is 2. The second-order valence-corrected chi connectivity index (χ2v) is 3.41. The molecule has 0 atom stereocenters. The van der Waals surface area contributed by atoms with E-state index in [4.69, 9.17) is 0 Å². The second kappa shape index (κ2) is 4.22. The van der Waals surface area contributed by atoms with Gasteiger partial charge in [-0.2, -0.15) is 0 Å². The lowest BCUT2D eigenvalue weighted by Gasteiger charge is -2.03. The number of benzene rings is 1. The molecule has 1 aromatic carbocycles. The van der Waals surface area contributed by atoms with Crippen LogP contribution < -0.4 is 0 Å². The van der Waals surface area contributed by atoms with Crippen LogP contribution in [0.2, 0.25) is 0 Å². The number of rotatable bonds is 2. The lowest BCUT2D eigenvalue weighted by molar-refractivity contribution is 1.16. The summed E-state index contributed by atoms with van der Waals surface area (Å²) in [6.45, 7) is 4.17. The van der Waals surface area contributed by atoms with E-state index in [0.717, 1.165) is 23.1 Å². The molecule has 2 aromatic rings. The summed E-state index contributed by atoms with van der Waals surface area (Å²) in [6.07, 6.45) is 4.93. The third kappa shape index (κ3) is 1.89. The molecule has 0 saturated carbocycles. The van der Waals surface area contributed by atoms with Crippen LogP contribution in [-0.4, -0.2) is 9.97 Å². The van der Waals surface area contributed by atoms with Crippen molar-refractivity contribution in [3.63, 3.8) is 0 Å². The van der Waals surface area contributed by atoms with Crippen LogP contribution in [0.1, 0.15) is 26.0 Å². The molecule has 0 amide bonds. The number of para-hydroxylation sites is 2. The Bertz CT molecular complexity index is 501. The first-order chi connectivity index (χ1) is 7.35. The van der Waals surface area contributed by atoms with E-state index in [1.54, 1.807) is 0 Å². The fourth-order valence-electron chi connectivity index (χ4n) is 1.65. The van der Waals surface area contributed by atoms with E-state index in [0.29, 0.717) is 0 Å². The smallest absolute Gasteiger partial charge is 0.0894 e.